The van der Waals surface area contributed by atoms with Crippen LogP contribution in [-0.2, 0) is 4.79 Å². The van der Waals surface area contributed by atoms with Crippen LogP contribution in [0.25, 0.3) is 0 Å². The molecule has 21 heavy (non-hydrogen) atoms. The van der Waals surface area contributed by atoms with E-state index in [0.717, 1.165) is 31.2 Å². The molecule has 6 unspecified atom stereocenters. The van der Waals surface area contributed by atoms with Gasteiger partial charge >= 0.3 is 12.0 Å². The number of nitrogens with zero attached hydrogens (tertiary/aromatic N) is 1. The van der Waals surface area contributed by atoms with E-state index in [1.165, 1.54) is 25.7 Å². The smallest absolute Gasteiger partial charge is 0.317 e. The molecule has 0 aromatic heterocycles. The van der Waals surface area contributed by atoms with Gasteiger partial charge in [-0.1, -0.05) is 6.42 Å². The zero-order valence-electron chi connectivity index (χ0n) is 12.3. The van der Waals surface area contributed by atoms with Gasteiger partial charge in [0.2, 0.25) is 0 Å². The third-order valence-corrected chi connectivity index (χ3v) is 6.49. The second-order valence-corrected chi connectivity index (χ2v) is 7.51. The molecule has 2 aliphatic heterocycles. The molecule has 2 N–H and O–H groups in total. The number of carbonyl (C=O) groups is 2. The van der Waals surface area contributed by atoms with Crippen molar-refractivity contribution in [2.24, 2.45) is 23.7 Å². The number of aliphatic carboxylic acids is 1. The van der Waals surface area contributed by atoms with Crippen molar-refractivity contribution in [1.29, 1.82) is 0 Å². The minimum absolute atomic E-state index is 0.0194. The van der Waals surface area contributed by atoms with Crippen LogP contribution in [0.3, 0.4) is 0 Å². The van der Waals surface area contributed by atoms with Gasteiger partial charge in [-0.15, -0.1) is 0 Å². The second kappa shape index (κ2) is 4.89. The van der Waals surface area contributed by atoms with E-state index in [0.29, 0.717) is 12.3 Å². The first-order valence-corrected chi connectivity index (χ1v) is 8.42. The zero-order chi connectivity index (χ0) is 14.6. The fourth-order valence-electron chi connectivity index (χ4n) is 5.51. The van der Waals surface area contributed by atoms with Crippen LogP contribution in [0.2, 0.25) is 0 Å². The molecule has 116 valence electrons. The first-order chi connectivity index (χ1) is 10.1. The Morgan fingerprint density at radius 3 is 2.57 bits per heavy atom. The summed E-state index contributed by atoms with van der Waals surface area (Å²) < 4.78 is 0. The van der Waals surface area contributed by atoms with E-state index < -0.39 is 5.97 Å². The van der Waals surface area contributed by atoms with Crippen LogP contribution in [-0.4, -0.2) is 40.6 Å². The van der Waals surface area contributed by atoms with E-state index >= 15 is 0 Å². The van der Waals surface area contributed by atoms with Gasteiger partial charge in [-0.3, -0.25) is 4.79 Å². The molecule has 6 atom stereocenters. The highest BCUT2D eigenvalue weighted by Gasteiger charge is 2.51. The van der Waals surface area contributed by atoms with Crippen molar-refractivity contribution < 1.29 is 14.7 Å². The Morgan fingerprint density at radius 1 is 1.10 bits per heavy atom. The summed E-state index contributed by atoms with van der Waals surface area (Å²) in [5.41, 5.74) is 0. The number of amides is 2. The van der Waals surface area contributed by atoms with Gasteiger partial charge < -0.3 is 15.3 Å². The number of carbonyl (C=O) groups excluding carboxylic acids is 1. The van der Waals surface area contributed by atoms with Gasteiger partial charge in [0.05, 0.1) is 5.92 Å². The van der Waals surface area contributed by atoms with Gasteiger partial charge in [-0.05, 0) is 56.3 Å². The maximum atomic E-state index is 12.5. The fourth-order valence-corrected chi connectivity index (χ4v) is 5.51. The van der Waals surface area contributed by atoms with Gasteiger partial charge in [0.15, 0.2) is 0 Å². The third-order valence-electron chi connectivity index (χ3n) is 6.49. The molecule has 2 saturated heterocycles. The van der Waals surface area contributed by atoms with Crippen molar-refractivity contribution in [1.82, 2.24) is 10.2 Å². The van der Waals surface area contributed by atoms with Gasteiger partial charge in [0.1, 0.15) is 0 Å². The van der Waals surface area contributed by atoms with Gasteiger partial charge in [-0.25, -0.2) is 4.79 Å². The molecule has 0 aromatic rings. The van der Waals surface area contributed by atoms with Crippen molar-refractivity contribution >= 4 is 12.0 Å². The average Bonchev–Trinajstić information content (AvgIpc) is 3.22. The number of hydrogen-bond donors (Lipinski definition) is 2. The first kappa shape index (κ1) is 13.4. The normalized spacial score (nSPS) is 43.5. The topological polar surface area (TPSA) is 69.6 Å². The lowest BCUT2D eigenvalue weighted by atomic mass is 9.89. The molecule has 0 radical (unpaired) electrons. The highest BCUT2D eigenvalue weighted by atomic mass is 16.4. The largest absolute Gasteiger partial charge is 0.481 e. The van der Waals surface area contributed by atoms with Crippen LogP contribution >= 0.6 is 0 Å². The summed E-state index contributed by atoms with van der Waals surface area (Å²) in [6, 6.07) is 0.0534. The molecule has 4 rings (SSSR count). The Kier molecular flexibility index (Phi) is 3.12. The number of urea groups is 1. The molecule has 4 aliphatic rings. The van der Waals surface area contributed by atoms with Crippen LogP contribution in [0.4, 0.5) is 4.79 Å². The summed E-state index contributed by atoms with van der Waals surface area (Å²) in [6.45, 7) is 0.785. The SMILES string of the molecule is O=C(O)C1CC2CCC1N2C(=O)NCC1CC2CCC1C2. The summed E-state index contributed by atoms with van der Waals surface area (Å²) in [5.74, 6) is 1.28. The van der Waals surface area contributed by atoms with Crippen LogP contribution in [0.1, 0.15) is 44.9 Å². The summed E-state index contributed by atoms with van der Waals surface area (Å²) in [4.78, 5) is 25.6. The van der Waals surface area contributed by atoms with E-state index in [4.69, 9.17) is 0 Å². The monoisotopic (exact) mass is 292 g/mol. The molecular weight excluding hydrogens is 268 g/mol. The van der Waals surface area contributed by atoms with E-state index in [-0.39, 0.29) is 24.0 Å². The van der Waals surface area contributed by atoms with E-state index in [2.05, 4.69) is 5.32 Å². The number of fused-ring (bicyclic) bond motifs is 4. The van der Waals surface area contributed by atoms with Crippen molar-refractivity contribution in [3.05, 3.63) is 0 Å². The Morgan fingerprint density at radius 2 is 1.95 bits per heavy atom. The number of nitrogens with one attached hydrogen (secondary N) is 1. The molecule has 4 fully saturated rings. The summed E-state index contributed by atoms with van der Waals surface area (Å²) in [5, 5.41) is 12.4. The van der Waals surface area contributed by atoms with Crippen LogP contribution in [0, 0.1) is 23.7 Å². The third kappa shape index (κ3) is 2.12. The van der Waals surface area contributed by atoms with Crippen LogP contribution in [0.15, 0.2) is 0 Å². The van der Waals surface area contributed by atoms with Gasteiger partial charge in [0, 0.05) is 18.6 Å². The molecule has 2 amide bonds. The molecule has 2 saturated carbocycles. The second-order valence-electron chi connectivity index (χ2n) is 7.51. The molecule has 2 aliphatic carbocycles. The van der Waals surface area contributed by atoms with Gasteiger partial charge in [0.25, 0.3) is 0 Å². The van der Waals surface area contributed by atoms with E-state index in [1.807, 2.05) is 4.90 Å². The number of carboxylic acid groups (broad SMARTS) is 1. The Balaban J connectivity index is 1.34. The van der Waals surface area contributed by atoms with Crippen molar-refractivity contribution in [2.45, 2.75) is 57.0 Å². The summed E-state index contributed by atoms with van der Waals surface area (Å²) >= 11 is 0. The Hall–Kier alpha value is -1.26. The Labute approximate surface area is 125 Å². The highest BCUT2D eigenvalue weighted by molar-refractivity contribution is 5.79. The van der Waals surface area contributed by atoms with Gasteiger partial charge in [-0.2, -0.15) is 0 Å². The number of rotatable bonds is 3. The Bertz CT molecular complexity index is 466. The van der Waals surface area contributed by atoms with E-state index in [9.17, 15) is 14.7 Å². The van der Waals surface area contributed by atoms with Crippen LogP contribution in [0.5, 0.6) is 0 Å². The van der Waals surface area contributed by atoms with Crippen LogP contribution < -0.4 is 5.32 Å². The molecule has 2 heterocycles. The minimum Gasteiger partial charge on any atom is -0.481 e. The molecule has 0 spiro atoms. The molecule has 4 bridgehead atoms. The van der Waals surface area contributed by atoms with Crippen molar-refractivity contribution in [3.63, 3.8) is 0 Å². The maximum absolute atomic E-state index is 12.5. The minimum atomic E-state index is -0.742. The summed E-state index contributed by atoms with van der Waals surface area (Å²) in [6.07, 6.45) is 7.81. The number of hydrogen-bond acceptors (Lipinski definition) is 2. The van der Waals surface area contributed by atoms with Crippen molar-refractivity contribution in [2.75, 3.05) is 6.54 Å². The molecule has 5 heteroatoms. The van der Waals surface area contributed by atoms with E-state index in [1.54, 1.807) is 0 Å². The first-order valence-electron chi connectivity index (χ1n) is 8.42. The quantitative estimate of drug-likeness (QED) is 0.836. The number of carboxylic acids is 1. The lowest BCUT2D eigenvalue weighted by Crippen LogP contribution is -2.46. The lowest BCUT2D eigenvalue weighted by molar-refractivity contribution is -0.142. The molecule has 0 aromatic carbocycles. The maximum Gasteiger partial charge on any atom is 0.317 e. The highest BCUT2D eigenvalue weighted by Crippen LogP contribution is 2.48. The molecular formula is C16H24N2O3. The molecule has 5 nitrogen and oxygen atoms in total. The zero-order valence-corrected chi connectivity index (χ0v) is 12.3. The standard InChI is InChI=1S/C16H24N2O3/c19-15(20)13-7-12-3-4-14(13)18(12)16(21)17-8-11-6-9-1-2-10(11)5-9/h9-14H,1-8H2,(H,17,21)(H,19,20). The average molecular weight is 292 g/mol. The predicted octanol–water partition coefficient (Wildman–Crippen LogP) is 2.07. The van der Waals surface area contributed by atoms with Crippen molar-refractivity contribution in [3.8, 4) is 0 Å². The summed E-state index contributed by atoms with van der Waals surface area (Å²) in [7, 11) is 0. The predicted molar refractivity (Wildman–Crippen MR) is 76.7 cm³/mol. The fraction of sp³-hybridized carbons (Fsp3) is 0.875. The lowest BCUT2D eigenvalue weighted by Gasteiger charge is -2.26.